The van der Waals surface area contributed by atoms with Gasteiger partial charge < -0.3 is 24.8 Å². The number of amides is 1. The van der Waals surface area contributed by atoms with E-state index in [0.717, 1.165) is 27.6 Å². The summed E-state index contributed by atoms with van der Waals surface area (Å²) < 4.78 is 16.8. The number of aromatic nitrogens is 3. The van der Waals surface area contributed by atoms with Crippen molar-refractivity contribution >= 4 is 22.6 Å². The second-order valence-corrected chi connectivity index (χ2v) is 8.49. The van der Waals surface area contributed by atoms with E-state index in [9.17, 15) is 4.79 Å². The molecule has 32 heavy (non-hydrogen) atoms. The van der Waals surface area contributed by atoms with Crippen molar-refractivity contribution in [2.75, 3.05) is 26.1 Å². The first-order chi connectivity index (χ1) is 15.5. The highest BCUT2D eigenvalue weighted by Crippen LogP contribution is 2.41. The second-order valence-electron chi connectivity index (χ2n) is 8.49. The zero-order valence-corrected chi connectivity index (χ0v) is 17.9. The summed E-state index contributed by atoms with van der Waals surface area (Å²) in [4.78, 5) is 20.3. The first-order valence-corrected chi connectivity index (χ1v) is 10.7. The minimum absolute atomic E-state index is 0.0263. The van der Waals surface area contributed by atoms with E-state index in [2.05, 4.69) is 15.2 Å². The van der Waals surface area contributed by atoms with Gasteiger partial charge in [-0.3, -0.25) is 4.79 Å². The van der Waals surface area contributed by atoms with Crippen LogP contribution in [0.4, 0.5) is 5.82 Å². The molecule has 0 unspecified atom stereocenters. The molecule has 3 aliphatic rings. The lowest BCUT2D eigenvalue weighted by Gasteiger charge is -2.44. The van der Waals surface area contributed by atoms with E-state index in [0.29, 0.717) is 49.2 Å². The van der Waals surface area contributed by atoms with Gasteiger partial charge in [-0.15, -0.1) is 10.2 Å². The van der Waals surface area contributed by atoms with Crippen molar-refractivity contribution in [3.05, 3.63) is 52.2 Å². The van der Waals surface area contributed by atoms with E-state index in [1.54, 1.807) is 13.2 Å². The Morgan fingerprint density at radius 3 is 2.88 bits per heavy atom. The summed E-state index contributed by atoms with van der Waals surface area (Å²) in [7, 11) is 1.55. The molecule has 3 aromatic rings. The number of methoxy groups -OCH3 is 1. The Morgan fingerprint density at radius 2 is 2.09 bits per heavy atom. The van der Waals surface area contributed by atoms with E-state index in [-0.39, 0.29) is 24.1 Å². The summed E-state index contributed by atoms with van der Waals surface area (Å²) >= 11 is 0. The first-order valence-electron chi connectivity index (χ1n) is 10.7. The minimum Gasteiger partial charge on any atom is -0.480 e. The summed E-state index contributed by atoms with van der Waals surface area (Å²) in [5.74, 6) is 0.905. The number of benzene rings is 1. The zero-order chi connectivity index (χ0) is 22.0. The smallest absolute Gasteiger partial charge is 0.255 e. The van der Waals surface area contributed by atoms with Crippen LogP contribution in [0.5, 0.6) is 5.88 Å². The molecule has 6 rings (SSSR count). The molecule has 0 aliphatic carbocycles. The van der Waals surface area contributed by atoms with Gasteiger partial charge in [0.15, 0.2) is 0 Å². The van der Waals surface area contributed by atoms with Crippen molar-refractivity contribution in [2.45, 2.75) is 38.1 Å². The summed E-state index contributed by atoms with van der Waals surface area (Å²) in [5.41, 5.74) is 11.3. The standard InChI is InChI=1S/C23H23N5O4/c1-11-21-16(9-32-11)15-7-14-12(6-18(15)25-22(21)24)5-13-8-31-10-19(28(13)23(14)29)17-3-4-20(30-2)27-26-17/h3-4,6-7,11,13,19H,5,8-10H2,1-2H3,(H2,24,25)/t11-,13-,19-/m1/s1. The van der Waals surface area contributed by atoms with E-state index in [4.69, 9.17) is 19.9 Å². The third-order valence-electron chi connectivity index (χ3n) is 6.72. The van der Waals surface area contributed by atoms with Crippen molar-refractivity contribution < 1.29 is 19.0 Å². The van der Waals surface area contributed by atoms with Crippen molar-refractivity contribution in [1.82, 2.24) is 20.1 Å². The van der Waals surface area contributed by atoms with Gasteiger partial charge in [-0.1, -0.05) is 0 Å². The normalized spacial score (nSPS) is 24.2. The van der Waals surface area contributed by atoms with Crippen LogP contribution in [0.2, 0.25) is 0 Å². The lowest BCUT2D eigenvalue weighted by atomic mass is 9.88. The molecule has 1 saturated heterocycles. The van der Waals surface area contributed by atoms with Crippen LogP contribution in [0, 0.1) is 0 Å². The Bertz CT molecular complexity index is 1250. The molecule has 0 spiro atoms. The third kappa shape index (κ3) is 2.78. The maximum Gasteiger partial charge on any atom is 0.255 e. The number of rotatable bonds is 2. The number of carbonyl (C=O) groups is 1. The number of fused-ring (bicyclic) bond motifs is 5. The van der Waals surface area contributed by atoms with Crippen molar-refractivity contribution in [3.63, 3.8) is 0 Å². The van der Waals surface area contributed by atoms with Gasteiger partial charge in [-0.25, -0.2) is 4.98 Å². The number of morpholine rings is 1. The Balaban J connectivity index is 1.45. The average Bonchev–Trinajstić information content (AvgIpc) is 3.20. The summed E-state index contributed by atoms with van der Waals surface area (Å²) in [6, 6.07) is 7.16. The van der Waals surface area contributed by atoms with E-state index < -0.39 is 0 Å². The quantitative estimate of drug-likeness (QED) is 0.655. The molecule has 9 heteroatoms. The molecule has 1 aromatic carbocycles. The maximum atomic E-state index is 13.8. The van der Waals surface area contributed by atoms with Crippen LogP contribution in [0.3, 0.4) is 0 Å². The van der Waals surface area contributed by atoms with Crippen molar-refractivity contribution in [2.24, 2.45) is 0 Å². The molecular weight excluding hydrogens is 410 g/mol. The van der Waals surface area contributed by atoms with E-state index in [1.165, 1.54) is 0 Å². The third-order valence-corrected chi connectivity index (χ3v) is 6.72. The summed E-state index contributed by atoms with van der Waals surface area (Å²) in [6.07, 6.45) is 0.582. The monoisotopic (exact) mass is 433 g/mol. The number of nitrogen functional groups attached to an aromatic ring is 1. The Morgan fingerprint density at radius 1 is 1.22 bits per heavy atom. The highest BCUT2D eigenvalue weighted by molar-refractivity contribution is 6.02. The fraction of sp³-hybridized carbons (Fsp3) is 0.391. The molecule has 0 radical (unpaired) electrons. The number of nitrogens with two attached hydrogens (primary N) is 1. The molecule has 3 aliphatic heterocycles. The molecule has 0 saturated carbocycles. The molecule has 9 nitrogen and oxygen atoms in total. The fourth-order valence-electron chi connectivity index (χ4n) is 5.16. The lowest BCUT2D eigenvalue weighted by Crippen LogP contribution is -2.54. The molecule has 1 amide bonds. The molecule has 5 heterocycles. The largest absolute Gasteiger partial charge is 0.480 e. The van der Waals surface area contributed by atoms with Gasteiger partial charge in [0.2, 0.25) is 5.88 Å². The highest BCUT2D eigenvalue weighted by atomic mass is 16.5. The molecule has 2 aromatic heterocycles. The van der Waals surface area contributed by atoms with Crippen LogP contribution in [0.15, 0.2) is 24.3 Å². The SMILES string of the molecule is COc1ccc([C@H]2COC[C@H]3Cc4cc5nc(N)c6c(c5cc4C(=O)N32)CO[C@@H]6C)nn1. The number of carbonyl (C=O) groups excluding carboxylic acids is 1. The van der Waals surface area contributed by atoms with Gasteiger partial charge in [0.25, 0.3) is 5.91 Å². The Labute approximate surface area is 184 Å². The zero-order valence-electron chi connectivity index (χ0n) is 17.9. The second kappa shape index (κ2) is 7.11. The van der Waals surface area contributed by atoms with Crippen LogP contribution in [-0.2, 0) is 22.5 Å². The number of pyridine rings is 1. The van der Waals surface area contributed by atoms with Gasteiger partial charge >= 0.3 is 0 Å². The van der Waals surface area contributed by atoms with Gasteiger partial charge in [0.05, 0.1) is 56.3 Å². The number of hydrogen-bond acceptors (Lipinski definition) is 8. The summed E-state index contributed by atoms with van der Waals surface area (Å²) in [5, 5.41) is 9.28. The van der Waals surface area contributed by atoms with Gasteiger partial charge in [-0.2, -0.15) is 0 Å². The van der Waals surface area contributed by atoms with Crippen LogP contribution < -0.4 is 10.5 Å². The fourth-order valence-corrected chi connectivity index (χ4v) is 5.16. The number of anilines is 1. The van der Waals surface area contributed by atoms with Crippen LogP contribution >= 0.6 is 0 Å². The van der Waals surface area contributed by atoms with Crippen molar-refractivity contribution in [1.29, 1.82) is 0 Å². The predicted octanol–water partition coefficient (Wildman–Crippen LogP) is 2.35. The first kappa shape index (κ1) is 19.4. The molecule has 1 fully saturated rings. The molecule has 0 bridgehead atoms. The van der Waals surface area contributed by atoms with Crippen LogP contribution in [0.25, 0.3) is 10.9 Å². The Kier molecular flexibility index (Phi) is 4.31. The number of hydrogen-bond donors (Lipinski definition) is 1. The maximum absolute atomic E-state index is 13.8. The number of nitrogens with zero attached hydrogens (tertiary/aromatic N) is 4. The number of ether oxygens (including phenoxy) is 3. The lowest BCUT2D eigenvalue weighted by molar-refractivity contribution is -0.0412. The van der Waals surface area contributed by atoms with Crippen LogP contribution in [-0.4, -0.2) is 52.4 Å². The molecular formula is C23H23N5O4. The highest BCUT2D eigenvalue weighted by Gasteiger charge is 2.42. The molecule has 3 atom stereocenters. The predicted molar refractivity (Wildman–Crippen MR) is 115 cm³/mol. The molecule has 164 valence electrons. The van der Waals surface area contributed by atoms with Gasteiger partial charge in [0, 0.05) is 22.6 Å². The molecule has 2 N–H and O–H groups in total. The summed E-state index contributed by atoms with van der Waals surface area (Å²) in [6.45, 7) is 3.30. The van der Waals surface area contributed by atoms with E-state index in [1.807, 2.05) is 30.0 Å². The minimum atomic E-state index is -0.304. The average molecular weight is 433 g/mol. The van der Waals surface area contributed by atoms with Gasteiger partial charge in [0.1, 0.15) is 5.82 Å². The van der Waals surface area contributed by atoms with Crippen molar-refractivity contribution in [3.8, 4) is 5.88 Å². The topological polar surface area (TPSA) is 113 Å². The van der Waals surface area contributed by atoms with E-state index >= 15 is 0 Å². The van der Waals surface area contributed by atoms with Crippen LogP contribution in [0.1, 0.15) is 51.8 Å². The Hall–Kier alpha value is -3.30. The van der Waals surface area contributed by atoms with Gasteiger partial charge in [-0.05, 0) is 42.7 Å².